The van der Waals surface area contributed by atoms with Gasteiger partial charge in [0, 0.05) is 25.2 Å². The van der Waals surface area contributed by atoms with Crippen molar-refractivity contribution >= 4 is 23.4 Å². The third kappa shape index (κ3) is 6.09. The van der Waals surface area contributed by atoms with Gasteiger partial charge in [0.05, 0.1) is 31.4 Å². The van der Waals surface area contributed by atoms with Crippen molar-refractivity contribution in [2.75, 3.05) is 46.6 Å². The number of carbonyl (C=O) groups excluding carboxylic acids is 2. The van der Waals surface area contributed by atoms with E-state index in [1.807, 2.05) is 6.07 Å². The zero-order chi connectivity index (χ0) is 23.1. The second-order valence-corrected chi connectivity index (χ2v) is 7.58. The monoisotopic (exact) mass is 465 g/mol. The van der Waals surface area contributed by atoms with E-state index in [0.717, 1.165) is 5.56 Å². The Kier molecular flexibility index (Phi) is 8.26. The number of hydrogen-bond acceptors (Lipinski definition) is 6. The molecule has 2 aromatic carbocycles. The van der Waals surface area contributed by atoms with Crippen LogP contribution in [0.3, 0.4) is 0 Å². The minimum absolute atomic E-state index is 0.102. The third-order valence-electron chi connectivity index (χ3n) is 5.03. The first kappa shape index (κ1) is 23.8. The zero-order valence-corrected chi connectivity index (χ0v) is 18.4. The lowest BCUT2D eigenvalue weighted by Gasteiger charge is -2.35. The second kappa shape index (κ2) is 11.1. The van der Waals surface area contributed by atoms with Crippen molar-refractivity contribution < 1.29 is 28.2 Å². The molecule has 172 valence electrons. The first-order valence-electron chi connectivity index (χ1n) is 10.0. The molecule has 0 spiro atoms. The highest BCUT2D eigenvalue weighted by atomic mass is 35.5. The minimum atomic E-state index is -0.670. The van der Waals surface area contributed by atoms with Crippen molar-refractivity contribution in [1.82, 2.24) is 10.2 Å². The Bertz CT molecular complexity index is 969. The van der Waals surface area contributed by atoms with E-state index in [-0.39, 0.29) is 53.0 Å². The van der Waals surface area contributed by atoms with Gasteiger partial charge < -0.3 is 25.3 Å². The Balaban J connectivity index is 1.76. The molecule has 1 aliphatic rings. The maximum atomic E-state index is 13.8. The molecule has 1 atom stereocenters. The fraction of sp³-hybridized carbons (Fsp3) is 0.364. The predicted octanol–water partition coefficient (Wildman–Crippen LogP) is 2.16. The zero-order valence-electron chi connectivity index (χ0n) is 17.6. The van der Waals surface area contributed by atoms with E-state index in [1.165, 1.54) is 31.4 Å². The average Bonchev–Trinajstić information content (AvgIpc) is 2.78. The van der Waals surface area contributed by atoms with Crippen LogP contribution in [0.1, 0.15) is 22.0 Å². The molecule has 1 heterocycles. The van der Waals surface area contributed by atoms with E-state index >= 15 is 0 Å². The van der Waals surface area contributed by atoms with Gasteiger partial charge in [-0.15, -0.1) is 0 Å². The topological polar surface area (TPSA) is 103 Å². The Morgan fingerprint density at radius 2 is 2.03 bits per heavy atom. The number of nitrogens with one attached hydrogen (secondary N) is 1. The van der Waals surface area contributed by atoms with Gasteiger partial charge in [-0.3, -0.25) is 14.5 Å². The van der Waals surface area contributed by atoms with Crippen LogP contribution >= 0.6 is 11.6 Å². The Hall–Kier alpha value is -2.88. The van der Waals surface area contributed by atoms with Crippen molar-refractivity contribution in [3.05, 3.63) is 58.4 Å². The van der Waals surface area contributed by atoms with Gasteiger partial charge in [-0.25, -0.2) is 4.39 Å². The molecule has 2 amide bonds. The second-order valence-electron chi connectivity index (χ2n) is 7.17. The van der Waals surface area contributed by atoms with Crippen LogP contribution in [0.25, 0.3) is 0 Å². The average molecular weight is 466 g/mol. The molecule has 10 heteroatoms. The maximum absolute atomic E-state index is 13.8. The van der Waals surface area contributed by atoms with Crippen LogP contribution < -0.4 is 20.5 Å². The number of primary amides is 1. The summed E-state index contributed by atoms with van der Waals surface area (Å²) in [5.41, 5.74) is 6.11. The highest BCUT2D eigenvalue weighted by Gasteiger charge is 2.24. The molecule has 3 N–H and O–H groups in total. The minimum Gasteiger partial charge on any atom is -0.493 e. The molecule has 1 saturated heterocycles. The Morgan fingerprint density at radius 3 is 2.69 bits per heavy atom. The first-order valence-corrected chi connectivity index (χ1v) is 10.4. The fourth-order valence-electron chi connectivity index (χ4n) is 3.49. The first-order chi connectivity index (χ1) is 15.4. The van der Waals surface area contributed by atoms with Crippen LogP contribution in [0, 0.1) is 5.82 Å². The molecule has 1 fully saturated rings. The molecule has 3 rings (SSSR count). The highest BCUT2D eigenvalue weighted by molar-refractivity contribution is 6.32. The molecule has 0 saturated carbocycles. The van der Waals surface area contributed by atoms with Gasteiger partial charge in [0.2, 0.25) is 0 Å². The maximum Gasteiger partial charge on any atom is 0.255 e. The highest BCUT2D eigenvalue weighted by Crippen LogP contribution is 2.36. The van der Waals surface area contributed by atoms with E-state index in [2.05, 4.69) is 10.2 Å². The summed E-state index contributed by atoms with van der Waals surface area (Å²) < 4.78 is 29.8. The van der Waals surface area contributed by atoms with Gasteiger partial charge in [0.25, 0.3) is 11.8 Å². The van der Waals surface area contributed by atoms with Crippen molar-refractivity contribution in [2.45, 2.75) is 6.04 Å². The van der Waals surface area contributed by atoms with Crippen molar-refractivity contribution in [3.8, 4) is 11.5 Å². The number of ether oxygens (including phenoxy) is 3. The van der Waals surface area contributed by atoms with E-state index in [1.54, 1.807) is 6.07 Å². The van der Waals surface area contributed by atoms with Crippen LogP contribution in [0.5, 0.6) is 11.5 Å². The Labute approximate surface area is 190 Å². The number of amides is 2. The standard InChI is InChI=1S/C22H25ClFN3O5/c1-30-19-11-15(10-17(23)21(19)32-13-20(25)28)22(29)26-12-18(27-5-7-31-8-6-27)14-3-2-4-16(24)9-14/h2-4,9-11,18H,5-8,12-13H2,1H3,(H2,25,28)(H,26,29). The van der Waals surface area contributed by atoms with Crippen molar-refractivity contribution in [3.63, 3.8) is 0 Å². The number of benzene rings is 2. The van der Waals surface area contributed by atoms with E-state index < -0.39 is 5.91 Å². The van der Waals surface area contributed by atoms with Crippen LogP contribution in [-0.2, 0) is 9.53 Å². The van der Waals surface area contributed by atoms with E-state index in [9.17, 15) is 14.0 Å². The molecule has 0 bridgehead atoms. The van der Waals surface area contributed by atoms with Crippen LogP contribution in [0.2, 0.25) is 5.02 Å². The summed E-state index contributed by atoms with van der Waals surface area (Å²) in [5, 5.41) is 2.99. The van der Waals surface area contributed by atoms with Gasteiger partial charge in [-0.05, 0) is 29.8 Å². The summed E-state index contributed by atoms with van der Waals surface area (Å²) in [6, 6.07) is 8.99. The summed E-state index contributed by atoms with van der Waals surface area (Å²) in [7, 11) is 1.39. The molecule has 1 unspecified atom stereocenters. The largest absolute Gasteiger partial charge is 0.493 e. The van der Waals surface area contributed by atoms with Gasteiger partial charge in [0.1, 0.15) is 5.82 Å². The van der Waals surface area contributed by atoms with E-state index in [4.69, 9.17) is 31.5 Å². The summed E-state index contributed by atoms with van der Waals surface area (Å²) >= 11 is 6.24. The van der Waals surface area contributed by atoms with Crippen molar-refractivity contribution in [2.24, 2.45) is 5.73 Å². The van der Waals surface area contributed by atoms with Crippen molar-refractivity contribution in [1.29, 1.82) is 0 Å². The van der Waals surface area contributed by atoms with Crippen LogP contribution in [0.4, 0.5) is 4.39 Å². The summed E-state index contributed by atoms with van der Waals surface area (Å²) in [5.74, 6) is -1.08. The van der Waals surface area contributed by atoms with Gasteiger partial charge in [-0.2, -0.15) is 0 Å². The molecular formula is C22H25ClFN3O5. The van der Waals surface area contributed by atoms with E-state index in [0.29, 0.717) is 26.3 Å². The molecule has 8 nitrogen and oxygen atoms in total. The SMILES string of the molecule is COc1cc(C(=O)NCC(c2cccc(F)c2)N2CCOCC2)cc(Cl)c1OCC(N)=O. The fourth-order valence-corrected chi connectivity index (χ4v) is 3.75. The summed E-state index contributed by atoms with van der Waals surface area (Å²) in [4.78, 5) is 26.0. The number of nitrogens with zero attached hydrogens (tertiary/aromatic N) is 1. The lowest BCUT2D eigenvalue weighted by Crippen LogP contribution is -2.43. The van der Waals surface area contributed by atoms with Crippen LogP contribution in [-0.4, -0.2) is 63.3 Å². The molecule has 0 aliphatic carbocycles. The summed E-state index contributed by atoms with van der Waals surface area (Å²) in [6.07, 6.45) is 0. The number of rotatable bonds is 9. The predicted molar refractivity (Wildman–Crippen MR) is 117 cm³/mol. The van der Waals surface area contributed by atoms with Crippen LogP contribution in [0.15, 0.2) is 36.4 Å². The smallest absolute Gasteiger partial charge is 0.255 e. The van der Waals surface area contributed by atoms with Gasteiger partial charge >= 0.3 is 0 Å². The van der Waals surface area contributed by atoms with Gasteiger partial charge in [-0.1, -0.05) is 23.7 Å². The lowest BCUT2D eigenvalue weighted by atomic mass is 10.0. The summed E-state index contributed by atoms with van der Waals surface area (Å²) in [6.45, 7) is 2.35. The number of morpholine rings is 1. The van der Waals surface area contributed by atoms with Gasteiger partial charge in [0.15, 0.2) is 18.1 Å². The number of carbonyl (C=O) groups is 2. The molecule has 32 heavy (non-hydrogen) atoms. The molecule has 0 aromatic heterocycles. The normalized spacial score (nSPS) is 15.1. The molecule has 2 aromatic rings. The third-order valence-corrected chi connectivity index (χ3v) is 5.31. The molecular weight excluding hydrogens is 441 g/mol. The Morgan fingerprint density at radius 1 is 1.28 bits per heavy atom. The molecule has 0 radical (unpaired) electrons. The lowest BCUT2D eigenvalue weighted by molar-refractivity contribution is -0.119. The number of methoxy groups -OCH3 is 1. The number of hydrogen-bond donors (Lipinski definition) is 2. The number of halogens is 2. The number of nitrogens with two attached hydrogens (primary N) is 1. The quantitative estimate of drug-likeness (QED) is 0.588. The molecule has 1 aliphatic heterocycles.